The van der Waals surface area contributed by atoms with Crippen molar-refractivity contribution >= 4 is 5.97 Å². The van der Waals surface area contributed by atoms with Gasteiger partial charge in [-0.1, -0.05) is 296 Å². The molecule has 0 aromatic carbocycles. The molecular formula is C71H128O2. The summed E-state index contributed by atoms with van der Waals surface area (Å²) in [5.74, 6) is 5.33. The maximum absolute atomic E-state index is 13.0. The van der Waals surface area contributed by atoms with Crippen molar-refractivity contribution in [3.63, 3.8) is 0 Å². The van der Waals surface area contributed by atoms with Gasteiger partial charge >= 0.3 is 5.97 Å². The molecule has 2 heteroatoms. The minimum absolute atomic E-state index is 0.0702. The Morgan fingerprint density at radius 3 is 1.48 bits per heavy atom. The maximum Gasteiger partial charge on any atom is 0.306 e. The zero-order valence-corrected chi connectivity index (χ0v) is 50.4. The van der Waals surface area contributed by atoms with E-state index >= 15 is 0 Å². The van der Waals surface area contributed by atoms with E-state index in [1.807, 2.05) is 0 Å². The molecule has 0 aromatic heterocycles. The van der Waals surface area contributed by atoms with Gasteiger partial charge in [0.15, 0.2) is 0 Å². The van der Waals surface area contributed by atoms with Crippen LogP contribution in [0.2, 0.25) is 0 Å². The smallest absolute Gasteiger partial charge is 0.306 e. The third-order valence-electron chi connectivity index (χ3n) is 20.4. The van der Waals surface area contributed by atoms with Crippen LogP contribution in [-0.2, 0) is 9.53 Å². The molecule has 0 heterocycles. The monoisotopic (exact) mass is 1010 g/mol. The van der Waals surface area contributed by atoms with Gasteiger partial charge in [-0.25, -0.2) is 0 Å². The molecule has 0 spiro atoms. The van der Waals surface area contributed by atoms with E-state index < -0.39 is 0 Å². The minimum Gasteiger partial charge on any atom is -0.462 e. The molecule has 2 nitrogen and oxygen atoms in total. The maximum atomic E-state index is 13.0. The first-order valence-corrected chi connectivity index (χ1v) is 33.9. The van der Waals surface area contributed by atoms with Crippen LogP contribution in [0.4, 0.5) is 0 Å². The number of allylic oxidation sites excluding steroid dienone is 5. The number of carbonyl (C=O) groups is 1. The predicted octanol–water partition coefficient (Wildman–Crippen LogP) is 23.9. The summed E-state index contributed by atoms with van der Waals surface area (Å²) < 4.78 is 6.19. The number of esters is 1. The fraction of sp³-hybridized carbons (Fsp3) is 0.901. The second-order valence-electron chi connectivity index (χ2n) is 26.8. The number of fused-ring (bicyclic) bond motifs is 5. The molecule has 73 heavy (non-hydrogen) atoms. The largest absolute Gasteiger partial charge is 0.462 e. The standard InChI is InChI=1S/C71H128O2/c1-7-8-9-10-11-12-13-14-15-16-17-18-19-20-21-22-23-24-25-26-27-28-29-30-31-32-33-34-35-36-37-38-39-40-41-42-43-44-45-46-47-51-69(72)73-64-56-58-70(5)63(60-64)52-53-65-67-55-54-66(62(4)50-48-49-61(2)3)71(67,6)59-57-68(65)70/h13-14,16-17,52,61-62,64-68H,7-12,15,18-51,53-60H2,1-6H3/b14-13-,17-16-. The van der Waals surface area contributed by atoms with Gasteiger partial charge < -0.3 is 4.74 Å². The minimum atomic E-state index is 0.0702. The third kappa shape index (κ3) is 25.8. The Morgan fingerprint density at radius 1 is 0.534 bits per heavy atom. The molecule has 0 amide bonds. The molecule has 4 aliphatic rings. The number of unbranched alkanes of at least 4 members (excludes halogenated alkanes) is 34. The van der Waals surface area contributed by atoms with Crippen molar-refractivity contribution in [1.29, 1.82) is 0 Å². The number of ether oxygens (including phenoxy) is 1. The van der Waals surface area contributed by atoms with Crippen LogP contribution >= 0.6 is 0 Å². The van der Waals surface area contributed by atoms with Crippen molar-refractivity contribution in [1.82, 2.24) is 0 Å². The van der Waals surface area contributed by atoms with E-state index in [1.54, 1.807) is 5.57 Å². The molecule has 3 saturated carbocycles. The van der Waals surface area contributed by atoms with E-state index in [9.17, 15) is 4.79 Å². The van der Waals surface area contributed by atoms with Crippen LogP contribution in [-0.4, -0.2) is 12.1 Å². The third-order valence-corrected chi connectivity index (χ3v) is 20.4. The van der Waals surface area contributed by atoms with E-state index in [2.05, 4.69) is 71.9 Å². The molecule has 3 fully saturated rings. The first-order valence-electron chi connectivity index (χ1n) is 33.9. The molecule has 0 aliphatic heterocycles. The Balaban J connectivity index is 0.835. The predicted molar refractivity (Wildman–Crippen MR) is 322 cm³/mol. The van der Waals surface area contributed by atoms with E-state index in [0.29, 0.717) is 17.3 Å². The molecule has 0 aromatic rings. The van der Waals surface area contributed by atoms with Crippen LogP contribution in [0.15, 0.2) is 36.0 Å². The highest BCUT2D eigenvalue weighted by Crippen LogP contribution is 2.67. The summed E-state index contributed by atoms with van der Waals surface area (Å²) in [6.07, 6.45) is 79.1. The highest BCUT2D eigenvalue weighted by atomic mass is 16.5. The van der Waals surface area contributed by atoms with Crippen molar-refractivity contribution in [2.75, 3.05) is 0 Å². The van der Waals surface area contributed by atoms with Crippen molar-refractivity contribution < 1.29 is 9.53 Å². The summed E-state index contributed by atoms with van der Waals surface area (Å²) in [4.78, 5) is 13.0. The first-order chi connectivity index (χ1) is 35.7. The van der Waals surface area contributed by atoms with Crippen molar-refractivity contribution in [3.05, 3.63) is 36.0 Å². The summed E-state index contributed by atoms with van der Waals surface area (Å²) in [5, 5.41) is 0. The normalized spacial score (nSPS) is 25.4. The first kappa shape index (κ1) is 64.2. The van der Waals surface area contributed by atoms with Gasteiger partial charge in [-0.05, 0) is 130 Å². The lowest BCUT2D eigenvalue weighted by atomic mass is 9.47. The molecule has 0 radical (unpaired) electrons. The van der Waals surface area contributed by atoms with E-state index in [1.165, 1.54) is 283 Å². The molecule has 0 N–H and O–H groups in total. The summed E-state index contributed by atoms with van der Waals surface area (Å²) in [5.41, 5.74) is 2.53. The van der Waals surface area contributed by atoms with Crippen LogP contribution in [0, 0.1) is 46.3 Å². The fourth-order valence-corrected chi connectivity index (χ4v) is 15.7. The highest BCUT2D eigenvalue weighted by molar-refractivity contribution is 5.69. The average molecular weight is 1010 g/mol. The second-order valence-corrected chi connectivity index (χ2v) is 26.8. The zero-order chi connectivity index (χ0) is 52.1. The average Bonchev–Trinajstić information content (AvgIpc) is 3.74. The zero-order valence-electron chi connectivity index (χ0n) is 50.4. The van der Waals surface area contributed by atoms with E-state index in [4.69, 9.17) is 4.74 Å². The summed E-state index contributed by atoms with van der Waals surface area (Å²) >= 11 is 0. The van der Waals surface area contributed by atoms with Gasteiger partial charge in [0.05, 0.1) is 0 Å². The van der Waals surface area contributed by atoms with Gasteiger partial charge in [-0.3, -0.25) is 4.79 Å². The Kier molecular flexibility index (Phi) is 35.2. The van der Waals surface area contributed by atoms with Crippen LogP contribution in [0.1, 0.15) is 356 Å². The van der Waals surface area contributed by atoms with Crippen LogP contribution in [0.3, 0.4) is 0 Å². The lowest BCUT2D eigenvalue weighted by Crippen LogP contribution is -2.51. The molecule has 8 atom stereocenters. The summed E-state index contributed by atoms with van der Waals surface area (Å²) in [7, 11) is 0. The summed E-state index contributed by atoms with van der Waals surface area (Å²) in [6, 6.07) is 0. The topological polar surface area (TPSA) is 26.3 Å². The van der Waals surface area contributed by atoms with Gasteiger partial charge in [0, 0.05) is 12.8 Å². The Bertz CT molecular complexity index is 1440. The van der Waals surface area contributed by atoms with Gasteiger partial charge in [0.1, 0.15) is 6.10 Å². The molecular weight excluding hydrogens is 885 g/mol. The molecule has 4 rings (SSSR count). The molecule has 4 aliphatic carbocycles. The van der Waals surface area contributed by atoms with E-state index in [-0.39, 0.29) is 12.1 Å². The van der Waals surface area contributed by atoms with Crippen LogP contribution in [0.5, 0.6) is 0 Å². The SMILES string of the molecule is CCCCCCC/C=C\C/C=C\CCCCCCCCCCCCCCCCCCCCCCCCCCCCCCCC(=O)OC1CCC2(C)C(=CCC3C2CCC2(C)C(C(C)CCCC(C)C)CCC32)C1. The van der Waals surface area contributed by atoms with Crippen molar-refractivity contribution in [2.45, 2.75) is 362 Å². The lowest BCUT2D eigenvalue weighted by Gasteiger charge is -2.58. The van der Waals surface area contributed by atoms with E-state index in [0.717, 1.165) is 61.2 Å². The van der Waals surface area contributed by atoms with Gasteiger partial charge in [0.25, 0.3) is 0 Å². The molecule has 0 saturated heterocycles. The Labute approximate surface area is 457 Å². The van der Waals surface area contributed by atoms with Crippen LogP contribution < -0.4 is 0 Å². The van der Waals surface area contributed by atoms with Crippen molar-refractivity contribution in [3.8, 4) is 0 Å². The highest BCUT2D eigenvalue weighted by Gasteiger charge is 2.59. The molecule has 0 bridgehead atoms. The molecule has 424 valence electrons. The number of rotatable bonds is 46. The Hall–Kier alpha value is -1.31. The van der Waals surface area contributed by atoms with Crippen molar-refractivity contribution in [2.24, 2.45) is 46.3 Å². The number of carbonyl (C=O) groups excluding carboxylic acids is 1. The fourth-order valence-electron chi connectivity index (χ4n) is 15.7. The Morgan fingerprint density at radius 2 is 1.00 bits per heavy atom. The number of hydrogen-bond acceptors (Lipinski definition) is 2. The number of hydrogen-bond donors (Lipinski definition) is 0. The second kappa shape index (κ2) is 40.0. The lowest BCUT2D eigenvalue weighted by molar-refractivity contribution is -0.151. The summed E-state index contributed by atoms with van der Waals surface area (Å²) in [6.45, 7) is 15.0. The van der Waals surface area contributed by atoms with Crippen LogP contribution in [0.25, 0.3) is 0 Å². The van der Waals surface area contributed by atoms with Gasteiger partial charge in [-0.2, -0.15) is 0 Å². The van der Waals surface area contributed by atoms with Gasteiger partial charge in [0.2, 0.25) is 0 Å². The van der Waals surface area contributed by atoms with Gasteiger partial charge in [-0.15, -0.1) is 0 Å². The quantitative estimate of drug-likeness (QED) is 0.0345. The molecule has 8 unspecified atom stereocenters.